The van der Waals surface area contributed by atoms with Crippen molar-refractivity contribution >= 4 is 46.3 Å². The van der Waals surface area contributed by atoms with Gasteiger partial charge in [0.1, 0.15) is 0 Å². The third-order valence-corrected chi connectivity index (χ3v) is 6.02. The first-order valence-corrected chi connectivity index (χ1v) is 12.3. The summed E-state index contributed by atoms with van der Waals surface area (Å²) in [5, 5.41) is 4.56. The van der Waals surface area contributed by atoms with Crippen molar-refractivity contribution in [3.63, 3.8) is 0 Å². The first-order valence-electron chi connectivity index (χ1n) is 11.6. The van der Waals surface area contributed by atoms with Crippen molar-refractivity contribution in [3.8, 4) is 17.1 Å². The Morgan fingerprint density at radius 2 is 1.79 bits per heavy atom. The largest absolute Gasteiger partial charge is 0.476 e. The number of nitrogens with zero attached hydrogens (tertiary/aromatic N) is 3. The Morgan fingerprint density at radius 1 is 1.10 bits per heavy atom. The molecule has 1 aromatic heterocycles. The Kier molecular flexibility index (Phi) is 8.27. The van der Waals surface area contributed by atoms with E-state index < -0.39 is 29.4 Å². The molecule has 1 heterocycles. The molecule has 0 aliphatic heterocycles. The lowest BCUT2D eigenvalue weighted by Crippen LogP contribution is -2.26. The molecule has 0 amide bonds. The van der Waals surface area contributed by atoms with E-state index in [-0.39, 0.29) is 39.2 Å². The van der Waals surface area contributed by atoms with Gasteiger partial charge in [0.25, 0.3) is 5.56 Å². The molecule has 1 atom stereocenters. The molecule has 4 aromatic rings. The summed E-state index contributed by atoms with van der Waals surface area (Å²) >= 11 is 12.7. The predicted octanol–water partition coefficient (Wildman–Crippen LogP) is 6.60. The zero-order chi connectivity index (χ0) is 28.3. The molecule has 202 valence electrons. The van der Waals surface area contributed by atoms with Gasteiger partial charge < -0.3 is 9.47 Å². The molecule has 12 heteroatoms. The SMILES string of the molecule is CCOC(=O)[C@H](C)Oc1c(Cl)cc(C=Nn2c(-c3cccc(C(F)(F)F)c3)nc3ccccc3c2=O)cc1Cl. The van der Waals surface area contributed by atoms with Gasteiger partial charge >= 0.3 is 12.1 Å². The zero-order valence-corrected chi connectivity index (χ0v) is 22.0. The Balaban J connectivity index is 1.78. The highest BCUT2D eigenvalue weighted by Crippen LogP contribution is 2.35. The van der Waals surface area contributed by atoms with Crippen molar-refractivity contribution in [3.05, 3.63) is 92.2 Å². The minimum atomic E-state index is -4.59. The van der Waals surface area contributed by atoms with E-state index in [0.29, 0.717) is 11.1 Å². The number of carbonyl (C=O) groups excluding carboxylic acids is 1. The summed E-state index contributed by atoms with van der Waals surface area (Å²) in [6.07, 6.45) is -4.31. The molecule has 0 spiro atoms. The fraction of sp³-hybridized carbons (Fsp3) is 0.185. The van der Waals surface area contributed by atoms with E-state index in [2.05, 4.69) is 10.1 Å². The molecule has 0 unspecified atom stereocenters. The lowest BCUT2D eigenvalue weighted by molar-refractivity contribution is -0.150. The minimum Gasteiger partial charge on any atom is -0.476 e. The topological polar surface area (TPSA) is 82.8 Å². The highest BCUT2D eigenvalue weighted by atomic mass is 35.5. The molecule has 0 saturated carbocycles. The Hall–Kier alpha value is -3.89. The molecule has 0 N–H and O–H groups in total. The van der Waals surface area contributed by atoms with Crippen LogP contribution in [0.2, 0.25) is 10.0 Å². The average Bonchev–Trinajstić information content (AvgIpc) is 2.89. The molecule has 0 bridgehead atoms. The number of para-hydroxylation sites is 1. The van der Waals surface area contributed by atoms with Gasteiger partial charge in [0, 0.05) is 5.56 Å². The third-order valence-electron chi connectivity index (χ3n) is 5.46. The summed E-state index contributed by atoms with van der Waals surface area (Å²) in [4.78, 5) is 29.6. The van der Waals surface area contributed by atoms with Crippen LogP contribution >= 0.6 is 23.2 Å². The van der Waals surface area contributed by atoms with Gasteiger partial charge in [-0.25, -0.2) is 9.78 Å². The summed E-state index contributed by atoms with van der Waals surface area (Å²) in [6, 6.07) is 13.7. The van der Waals surface area contributed by atoms with Crippen LogP contribution in [0.5, 0.6) is 5.75 Å². The van der Waals surface area contributed by atoms with Gasteiger partial charge in [-0.2, -0.15) is 22.9 Å². The van der Waals surface area contributed by atoms with Gasteiger partial charge in [0.05, 0.1) is 39.3 Å². The predicted molar refractivity (Wildman–Crippen MR) is 143 cm³/mol. The van der Waals surface area contributed by atoms with Gasteiger partial charge in [-0.15, -0.1) is 0 Å². The number of aromatic nitrogens is 2. The molecule has 7 nitrogen and oxygen atoms in total. The van der Waals surface area contributed by atoms with Gasteiger partial charge in [-0.1, -0.05) is 47.5 Å². The lowest BCUT2D eigenvalue weighted by atomic mass is 10.1. The number of hydrogen-bond acceptors (Lipinski definition) is 6. The fourth-order valence-electron chi connectivity index (χ4n) is 3.63. The average molecular weight is 578 g/mol. The second kappa shape index (κ2) is 11.5. The number of halogens is 5. The number of carbonyl (C=O) groups is 1. The maximum atomic E-state index is 13.4. The van der Waals surface area contributed by atoms with Gasteiger partial charge in [-0.3, -0.25) is 4.79 Å². The van der Waals surface area contributed by atoms with Crippen molar-refractivity contribution in [2.75, 3.05) is 6.61 Å². The van der Waals surface area contributed by atoms with Crippen LogP contribution in [0.1, 0.15) is 25.0 Å². The highest BCUT2D eigenvalue weighted by Gasteiger charge is 2.31. The number of esters is 1. The summed E-state index contributed by atoms with van der Waals surface area (Å²) in [6.45, 7) is 3.32. The number of ether oxygens (including phenoxy) is 2. The van der Waals surface area contributed by atoms with Crippen molar-refractivity contribution in [2.45, 2.75) is 26.1 Å². The van der Waals surface area contributed by atoms with Gasteiger partial charge in [0.15, 0.2) is 17.7 Å². The standard InChI is InChI=1S/C27H20Cl2F3N3O4/c1-3-38-26(37)15(2)39-23-20(28)11-16(12-21(23)29)14-33-35-24(17-7-6-8-18(13-17)27(30,31)32)34-22-10-5-4-9-19(22)25(35)36/h4-15H,3H2,1-2H3/t15-/m0/s1. The van der Waals surface area contributed by atoms with Crippen molar-refractivity contribution < 1.29 is 27.4 Å². The summed E-state index contributed by atoms with van der Waals surface area (Å²) in [5.74, 6) is -0.646. The monoisotopic (exact) mass is 577 g/mol. The smallest absolute Gasteiger partial charge is 0.416 e. The van der Waals surface area contributed by atoms with Crippen LogP contribution < -0.4 is 10.3 Å². The Bertz CT molecular complexity index is 1610. The number of hydrogen-bond donors (Lipinski definition) is 0. The first kappa shape index (κ1) is 28.1. The summed E-state index contributed by atoms with van der Waals surface area (Å²) < 4.78 is 51.5. The molecule has 0 saturated heterocycles. The number of alkyl halides is 3. The highest BCUT2D eigenvalue weighted by molar-refractivity contribution is 6.37. The van der Waals surface area contributed by atoms with Crippen LogP contribution in [0.25, 0.3) is 22.3 Å². The van der Waals surface area contributed by atoms with E-state index in [1.807, 2.05) is 0 Å². The van der Waals surface area contributed by atoms with Crippen molar-refractivity contribution in [2.24, 2.45) is 5.10 Å². The van der Waals surface area contributed by atoms with E-state index in [4.69, 9.17) is 32.7 Å². The van der Waals surface area contributed by atoms with Crippen LogP contribution in [-0.4, -0.2) is 34.6 Å². The van der Waals surface area contributed by atoms with E-state index in [0.717, 1.165) is 16.8 Å². The van der Waals surface area contributed by atoms with Crippen LogP contribution in [0, 0.1) is 0 Å². The molecule has 0 fully saturated rings. The van der Waals surface area contributed by atoms with Crippen molar-refractivity contribution in [1.82, 2.24) is 9.66 Å². The maximum absolute atomic E-state index is 13.4. The van der Waals surface area contributed by atoms with Crippen LogP contribution in [0.3, 0.4) is 0 Å². The maximum Gasteiger partial charge on any atom is 0.416 e. The lowest BCUT2D eigenvalue weighted by Gasteiger charge is -2.16. The van der Waals surface area contributed by atoms with Crippen LogP contribution in [0.15, 0.2) is 70.6 Å². The summed E-state index contributed by atoms with van der Waals surface area (Å²) in [5.41, 5.74) is -0.813. The molecular weight excluding hydrogens is 558 g/mol. The summed E-state index contributed by atoms with van der Waals surface area (Å²) in [7, 11) is 0. The molecule has 0 aliphatic carbocycles. The minimum absolute atomic E-state index is 0.0394. The second-order valence-electron chi connectivity index (χ2n) is 8.22. The normalized spacial score (nSPS) is 12.6. The van der Waals surface area contributed by atoms with Crippen LogP contribution in [0.4, 0.5) is 13.2 Å². The second-order valence-corrected chi connectivity index (χ2v) is 9.03. The van der Waals surface area contributed by atoms with E-state index in [1.165, 1.54) is 43.5 Å². The molecule has 4 rings (SSSR count). The quantitative estimate of drug-likeness (QED) is 0.182. The molecule has 0 aliphatic rings. The number of fused-ring (bicyclic) bond motifs is 1. The van der Waals surface area contributed by atoms with Gasteiger partial charge in [0.2, 0.25) is 0 Å². The fourth-order valence-corrected chi connectivity index (χ4v) is 4.22. The first-order chi connectivity index (χ1) is 18.5. The Morgan fingerprint density at radius 3 is 2.46 bits per heavy atom. The van der Waals surface area contributed by atoms with Crippen molar-refractivity contribution in [1.29, 1.82) is 0 Å². The zero-order valence-electron chi connectivity index (χ0n) is 20.5. The number of benzene rings is 3. The van der Waals surface area contributed by atoms with Gasteiger partial charge in [-0.05, 0) is 55.8 Å². The molecule has 3 aromatic carbocycles. The molecule has 39 heavy (non-hydrogen) atoms. The third kappa shape index (κ3) is 6.23. The van der Waals surface area contributed by atoms with E-state index in [1.54, 1.807) is 25.1 Å². The number of rotatable bonds is 7. The molecule has 0 radical (unpaired) electrons. The van der Waals surface area contributed by atoms with E-state index in [9.17, 15) is 22.8 Å². The van der Waals surface area contributed by atoms with Crippen LogP contribution in [-0.2, 0) is 15.7 Å². The molecular formula is C27H20Cl2F3N3O4. The van der Waals surface area contributed by atoms with E-state index >= 15 is 0 Å². The Labute approximate surface area is 230 Å².